The van der Waals surface area contributed by atoms with Gasteiger partial charge in [0.1, 0.15) is 0 Å². The van der Waals surface area contributed by atoms with Gasteiger partial charge < -0.3 is 5.32 Å². The van der Waals surface area contributed by atoms with Gasteiger partial charge in [-0.2, -0.15) is 0 Å². The van der Waals surface area contributed by atoms with Crippen LogP contribution in [0.4, 0.5) is 5.69 Å². The van der Waals surface area contributed by atoms with E-state index in [4.69, 9.17) is 0 Å². The maximum Gasteiger partial charge on any atom is 0.230 e. The maximum atomic E-state index is 12.1. The van der Waals surface area contributed by atoms with Crippen molar-refractivity contribution in [2.75, 3.05) is 5.32 Å². The average Bonchev–Trinajstić information content (AvgIpc) is 2.50. The number of hydrogen-bond acceptors (Lipinski definition) is 1. The van der Waals surface area contributed by atoms with E-state index in [1.807, 2.05) is 39.0 Å². The molecule has 0 radical (unpaired) electrons. The van der Waals surface area contributed by atoms with Crippen LogP contribution < -0.4 is 5.32 Å². The number of amides is 1. The summed E-state index contributed by atoms with van der Waals surface area (Å²) < 4.78 is 0. The SMILES string of the molecule is CCC(C)(C)C(=O)Nc1ccc(Cc2ccccc2)cc1. The van der Waals surface area contributed by atoms with E-state index >= 15 is 0 Å². The normalized spacial score (nSPS) is 11.2. The zero-order valence-electron chi connectivity index (χ0n) is 13.0. The van der Waals surface area contributed by atoms with E-state index in [-0.39, 0.29) is 11.3 Å². The molecule has 0 aliphatic heterocycles. The molecule has 0 atom stereocenters. The van der Waals surface area contributed by atoms with Crippen molar-refractivity contribution in [3.8, 4) is 0 Å². The Kier molecular flexibility index (Phi) is 4.79. The van der Waals surface area contributed by atoms with Crippen LogP contribution in [0.2, 0.25) is 0 Å². The van der Waals surface area contributed by atoms with Crippen LogP contribution in [0.1, 0.15) is 38.3 Å². The highest BCUT2D eigenvalue weighted by Gasteiger charge is 2.25. The van der Waals surface area contributed by atoms with Gasteiger partial charge in [-0.25, -0.2) is 0 Å². The molecule has 110 valence electrons. The standard InChI is InChI=1S/C19H23NO/c1-4-19(2,3)18(21)20-17-12-10-16(11-13-17)14-15-8-6-5-7-9-15/h5-13H,4,14H2,1-3H3,(H,20,21). The van der Waals surface area contributed by atoms with Crippen LogP contribution in [0.25, 0.3) is 0 Å². The van der Waals surface area contributed by atoms with Gasteiger partial charge in [-0.3, -0.25) is 4.79 Å². The highest BCUT2D eigenvalue weighted by molar-refractivity contribution is 5.94. The molecule has 0 aliphatic rings. The number of carbonyl (C=O) groups excluding carboxylic acids is 1. The second kappa shape index (κ2) is 6.57. The summed E-state index contributed by atoms with van der Waals surface area (Å²) in [5.41, 5.74) is 3.07. The largest absolute Gasteiger partial charge is 0.326 e. The van der Waals surface area contributed by atoms with Crippen LogP contribution in [0, 0.1) is 5.41 Å². The van der Waals surface area contributed by atoms with E-state index in [0.717, 1.165) is 18.5 Å². The van der Waals surface area contributed by atoms with Gasteiger partial charge in [-0.15, -0.1) is 0 Å². The Hall–Kier alpha value is -2.09. The van der Waals surface area contributed by atoms with Crippen LogP contribution in [0.5, 0.6) is 0 Å². The topological polar surface area (TPSA) is 29.1 Å². The zero-order chi connectivity index (χ0) is 15.3. The van der Waals surface area contributed by atoms with Gasteiger partial charge in [0.05, 0.1) is 0 Å². The van der Waals surface area contributed by atoms with E-state index in [0.29, 0.717) is 0 Å². The van der Waals surface area contributed by atoms with Crippen LogP contribution >= 0.6 is 0 Å². The van der Waals surface area contributed by atoms with E-state index in [9.17, 15) is 4.79 Å². The van der Waals surface area contributed by atoms with Gasteiger partial charge in [-0.1, -0.05) is 63.2 Å². The van der Waals surface area contributed by atoms with E-state index in [2.05, 4.69) is 41.7 Å². The fraction of sp³-hybridized carbons (Fsp3) is 0.316. The molecule has 0 saturated heterocycles. The van der Waals surface area contributed by atoms with Gasteiger partial charge in [0.2, 0.25) is 5.91 Å². The molecule has 0 aromatic heterocycles. The second-order valence-electron chi connectivity index (χ2n) is 6.05. The van der Waals surface area contributed by atoms with Crippen LogP contribution in [0.15, 0.2) is 54.6 Å². The van der Waals surface area contributed by atoms with Crippen molar-refractivity contribution in [1.29, 1.82) is 0 Å². The van der Waals surface area contributed by atoms with Crippen LogP contribution in [-0.4, -0.2) is 5.91 Å². The summed E-state index contributed by atoms with van der Waals surface area (Å²) in [5.74, 6) is 0.0702. The maximum absolute atomic E-state index is 12.1. The first-order valence-corrected chi connectivity index (χ1v) is 7.45. The smallest absolute Gasteiger partial charge is 0.230 e. The minimum absolute atomic E-state index is 0.0702. The molecule has 21 heavy (non-hydrogen) atoms. The predicted molar refractivity (Wildman–Crippen MR) is 88.4 cm³/mol. The quantitative estimate of drug-likeness (QED) is 0.849. The lowest BCUT2D eigenvalue weighted by Gasteiger charge is -2.21. The van der Waals surface area contributed by atoms with Crippen molar-refractivity contribution in [3.05, 3.63) is 65.7 Å². The molecular formula is C19H23NO. The fourth-order valence-electron chi connectivity index (χ4n) is 2.00. The number of rotatable bonds is 5. The first-order chi connectivity index (χ1) is 10.0. The first-order valence-electron chi connectivity index (χ1n) is 7.45. The molecule has 0 spiro atoms. The number of hydrogen-bond donors (Lipinski definition) is 1. The Labute approximate surface area is 127 Å². The lowest BCUT2D eigenvalue weighted by atomic mass is 9.89. The summed E-state index contributed by atoms with van der Waals surface area (Å²) in [6.45, 7) is 5.96. The lowest BCUT2D eigenvalue weighted by molar-refractivity contribution is -0.124. The van der Waals surface area contributed by atoms with Gasteiger partial charge in [0.25, 0.3) is 0 Å². The molecule has 1 N–H and O–H groups in total. The van der Waals surface area contributed by atoms with Crippen molar-refractivity contribution in [3.63, 3.8) is 0 Å². The summed E-state index contributed by atoms with van der Waals surface area (Å²) in [7, 11) is 0. The van der Waals surface area contributed by atoms with Crippen molar-refractivity contribution < 1.29 is 4.79 Å². The van der Waals surface area contributed by atoms with Crippen molar-refractivity contribution in [2.45, 2.75) is 33.6 Å². The summed E-state index contributed by atoms with van der Waals surface area (Å²) in [4.78, 5) is 12.1. The highest BCUT2D eigenvalue weighted by Crippen LogP contribution is 2.22. The zero-order valence-corrected chi connectivity index (χ0v) is 13.0. The van der Waals surface area contributed by atoms with E-state index < -0.39 is 0 Å². The first kappa shape index (κ1) is 15.3. The molecule has 2 aromatic rings. The Balaban J connectivity index is 2.01. The fourth-order valence-corrected chi connectivity index (χ4v) is 2.00. The minimum atomic E-state index is -0.331. The molecule has 2 aromatic carbocycles. The van der Waals surface area contributed by atoms with E-state index in [1.165, 1.54) is 11.1 Å². The molecule has 0 heterocycles. The molecule has 0 bridgehead atoms. The Morgan fingerprint density at radius 1 is 0.952 bits per heavy atom. The molecule has 0 aliphatic carbocycles. The molecule has 2 heteroatoms. The highest BCUT2D eigenvalue weighted by atomic mass is 16.2. The number of nitrogens with one attached hydrogen (secondary N) is 1. The van der Waals surface area contributed by atoms with Gasteiger partial charge >= 0.3 is 0 Å². The predicted octanol–water partition coefficient (Wildman–Crippen LogP) is 4.65. The molecule has 0 unspecified atom stereocenters. The average molecular weight is 281 g/mol. The number of anilines is 1. The van der Waals surface area contributed by atoms with Crippen molar-refractivity contribution in [1.82, 2.24) is 0 Å². The van der Waals surface area contributed by atoms with Gasteiger partial charge in [0, 0.05) is 11.1 Å². The van der Waals surface area contributed by atoms with Gasteiger partial charge in [0.15, 0.2) is 0 Å². The molecule has 2 nitrogen and oxygen atoms in total. The summed E-state index contributed by atoms with van der Waals surface area (Å²) >= 11 is 0. The van der Waals surface area contributed by atoms with Crippen molar-refractivity contribution in [2.24, 2.45) is 5.41 Å². The Morgan fingerprint density at radius 3 is 2.10 bits per heavy atom. The monoisotopic (exact) mass is 281 g/mol. The third kappa shape index (κ3) is 4.19. The van der Waals surface area contributed by atoms with Gasteiger partial charge in [-0.05, 0) is 36.1 Å². The molecule has 0 fully saturated rings. The number of benzene rings is 2. The number of carbonyl (C=O) groups is 1. The lowest BCUT2D eigenvalue weighted by Crippen LogP contribution is -2.29. The minimum Gasteiger partial charge on any atom is -0.326 e. The third-order valence-corrected chi connectivity index (χ3v) is 3.96. The van der Waals surface area contributed by atoms with Crippen LogP contribution in [-0.2, 0) is 11.2 Å². The molecule has 0 saturated carbocycles. The summed E-state index contributed by atoms with van der Waals surface area (Å²) in [5, 5.41) is 2.99. The van der Waals surface area contributed by atoms with Crippen molar-refractivity contribution >= 4 is 11.6 Å². The summed E-state index contributed by atoms with van der Waals surface area (Å²) in [6, 6.07) is 18.5. The second-order valence-corrected chi connectivity index (χ2v) is 6.05. The Bertz CT molecular complexity index is 585. The molecular weight excluding hydrogens is 258 g/mol. The third-order valence-electron chi connectivity index (χ3n) is 3.96. The summed E-state index contributed by atoms with van der Waals surface area (Å²) in [6.07, 6.45) is 1.74. The Morgan fingerprint density at radius 2 is 1.52 bits per heavy atom. The van der Waals surface area contributed by atoms with Crippen LogP contribution in [0.3, 0.4) is 0 Å². The van der Waals surface area contributed by atoms with E-state index in [1.54, 1.807) is 0 Å². The molecule has 2 rings (SSSR count). The molecule has 1 amide bonds.